The van der Waals surface area contributed by atoms with Gasteiger partial charge in [-0.15, -0.1) is 0 Å². The number of carbonyl (C=O) groups excluding carboxylic acids is 1. The van der Waals surface area contributed by atoms with Crippen LogP contribution < -0.4 is 0 Å². The van der Waals surface area contributed by atoms with Gasteiger partial charge in [-0.1, -0.05) is 6.92 Å². The first-order valence-corrected chi connectivity index (χ1v) is 6.70. The molecule has 0 saturated carbocycles. The standard InChI is InChI=1S/C13H24N2O3/c1-5-14(9(2)3)13(18)15-8-6-7-10(4)11(15)12(16)17/h9-11H,5-8H2,1-4H3,(H,16,17). The Labute approximate surface area is 109 Å². The van der Waals surface area contributed by atoms with Crippen LogP contribution in [0.1, 0.15) is 40.5 Å². The molecule has 0 radical (unpaired) electrons. The van der Waals surface area contributed by atoms with Crippen LogP contribution in [0.2, 0.25) is 0 Å². The van der Waals surface area contributed by atoms with Crippen molar-refractivity contribution in [1.82, 2.24) is 9.80 Å². The molecule has 18 heavy (non-hydrogen) atoms. The first kappa shape index (κ1) is 14.8. The second-order valence-corrected chi connectivity index (χ2v) is 5.26. The Morgan fingerprint density at radius 2 is 2.06 bits per heavy atom. The highest BCUT2D eigenvalue weighted by molar-refractivity contribution is 5.83. The smallest absolute Gasteiger partial charge is 0.326 e. The molecule has 1 fully saturated rings. The Morgan fingerprint density at radius 3 is 2.50 bits per heavy atom. The number of carbonyl (C=O) groups is 2. The first-order valence-electron chi connectivity index (χ1n) is 6.70. The van der Waals surface area contributed by atoms with Crippen LogP contribution in [0.25, 0.3) is 0 Å². The van der Waals surface area contributed by atoms with Gasteiger partial charge < -0.3 is 14.9 Å². The normalized spacial score (nSPS) is 24.2. The molecule has 1 aliphatic rings. The molecule has 0 aliphatic carbocycles. The third-order valence-corrected chi connectivity index (χ3v) is 3.64. The summed E-state index contributed by atoms with van der Waals surface area (Å²) in [5.41, 5.74) is 0. The number of hydrogen-bond donors (Lipinski definition) is 1. The number of piperidine rings is 1. The fourth-order valence-electron chi connectivity index (χ4n) is 2.67. The third-order valence-electron chi connectivity index (χ3n) is 3.64. The Kier molecular flexibility index (Phi) is 4.99. The number of urea groups is 1. The maximum Gasteiger partial charge on any atom is 0.326 e. The molecule has 0 aromatic carbocycles. The van der Waals surface area contributed by atoms with E-state index in [9.17, 15) is 14.7 Å². The second-order valence-electron chi connectivity index (χ2n) is 5.26. The monoisotopic (exact) mass is 256 g/mol. The van der Waals surface area contributed by atoms with Gasteiger partial charge in [-0.25, -0.2) is 9.59 Å². The van der Waals surface area contributed by atoms with Crippen LogP contribution in [0.3, 0.4) is 0 Å². The Hall–Kier alpha value is -1.26. The van der Waals surface area contributed by atoms with E-state index < -0.39 is 12.0 Å². The fourth-order valence-corrected chi connectivity index (χ4v) is 2.67. The van der Waals surface area contributed by atoms with Gasteiger partial charge in [-0.05, 0) is 39.5 Å². The van der Waals surface area contributed by atoms with E-state index in [1.54, 1.807) is 4.90 Å². The summed E-state index contributed by atoms with van der Waals surface area (Å²) in [7, 11) is 0. The summed E-state index contributed by atoms with van der Waals surface area (Å²) in [5, 5.41) is 9.31. The number of nitrogens with zero attached hydrogens (tertiary/aromatic N) is 2. The van der Waals surface area contributed by atoms with Gasteiger partial charge in [-0.3, -0.25) is 0 Å². The van der Waals surface area contributed by atoms with Gasteiger partial charge in [0.25, 0.3) is 0 Å². The van der Waals surface area contributed by atoms with E-state index in [0.717, 1.165) is 12.8 Å². The molecule has 2 atom stereocenters. The summed E-state index contributed by atoms with van der Waals surface area (Å²) in [6.45, 7) is 8.87. The molecule has 1 rings (SSSR count). The number of carboxylic acids is 1. The summed E-state index contributed by atoms with van der Waals surface area (Å²) in [6, 6.07) is -0.736. The molecule has 1 heterocycles. The Balaban J connectivity index is 2.90. The van der Waals surface area contributed by atoms with Crippen molar-refractivity contribution in [2.75, 3.05) is 13.1 Å². The van der Waals surface area contributed by atoms with Gasteiger partial charge in [0.2, 0.25) is 0 Å². The highest BCUT2D eigenvalue weighted by Gasteiger charge is 2.38. The molecule has 0 aromatic rings. The molecule has 2 amide bonds. The summed E-state index contributed by atoms with van der Waals surface area (Å²) < 4.78 is 0. The fraction of sp³-hybridized carbons (Fsp3) is 0.846. The lowest BCUT2D eigenvalue weighted by molar-refractivity contribution is -0.145. The molecule has 2 unspecified atom stereocenters. The van der Waals surface area contributed by atoms with Crippen LogP contribution in [-0.4, -0.2) is 52.1 Å². The zero-order chi connectivity index (χ0) is 13.9. The molecule has 5 heteroatoms. The molecule has 0 bridgehead atoms. The van der Waals surface area contributed by atoms with Crippen molar-refractivity contribution in [3.8, 4) is 0 Å². The van der Waals surface area contributed by atoms with Crippen molar-refractivity contribution in [3.63, 3.8) is 0 Å². The lowest BCUT2D eigenvalue weighted by Crippen LogP contribution is -2.57. The van der Waals surface area contributed by atoms with E-state index in [4.69, 9.17) is 0 Å². The van der Waals surface area contributed by atoms with E-state index in [2.05, 4.69) is 0 Å². The predicted molar refractivity (Wildman–Crippen MR) is 69.4 cm³/mol. The van der Waals surface area contributed by atoms with Gasteiger partial charge in [0.1, 0.15) is 6.04 Å². The molecular formula is C13H24N2O3. The van der Waals surface area contributed by atoms with Crippen LogP contribution >= 0.6 is 0 Å². The van der Waals surface area contributed by atoms with Gasteiger partial charge >= 0.3 is 12.0 Å². The molecule has 1 saturated heterocycles. The highest BCUT2D eigenvalue weighted by atomic mass is 16.4. The predicted octanol–water partition coefficient (Wildman–Crippen LogP) is 2.02. The lowest BCUT2D eigenvalue weighted by atomic mass is 9.91. The van der Waals surface area contributed by atoms with E-state index >= 15 is 0 Å². The lowest BCUT2D eigenvalue weighted by Gasteiger charge is -2.40. The first-order chi connectivity index (χ1) is 8.40. The van der Waals surface area contributed by atoms with Crippen LogP contribution in [-0.2, 0) is 4.79 Å². The van der Waals surface area contributed by atoms with E-state index in [1.165, 1.54) is 4.90 Å². The zero-order valence-electron chi connectivity index (χ0n) is 11.7. The maximum absolute atomic E-state index is 12.4. The molecule has 1 aliphatic heterocycles. The summed E-state index contributed by atoms with van der Waals surface area (Å²) >= 11 is 0. The Morgan fingerprint density at radius 1 is 1.44 bits per heavy atom. The van der Waals surface area contributed by atoms with Crippen LogP contribution in [0.5, 0.6) is 0 Å². The highest BCUT2D eigenvalue weighted by Crippen LogP contribution is 2.25. The average molecular weight is 256 g/mol. The number of rotatable bonds is 3. The van der Waals surface area contributed by atoms with Crippen molar-refractivity contribution in [2.45, 2.75) is 52.6 Å². The van der Waals surface area contributed by atoms with Crippen LogP contribution in [0.15, 0.2) is 0 Å². The van der Waals surface area contributed by atoms with Crippen molar-refractivity contribution in [2.24, 2.45) is 5.92 Å². The quantitative estimate of drug-likeness (QED) is 0.840. The van der Waals surface area contributed by atoms with Gasteiger partial charge in [0.05, 0.1) is 0 Å². The maximum atomic E-state index is 12.4. The molecule has 0 spiro atoms. The number of hydrogen-bond acceptors (Lipinski definition) is 2. The SMILES string of the molecule is CCN(C(=O)N1CCCC(C)C1C(=O)O)C(C)C. The minimum atomic E-state index is -0.893. The van der Waals surface area contributed by atoms with Crippen molar-refractivity contribution in [3.05, 3.63) is 0 Å². The second kappa shape index (κ2) is 6.07. The Bertz CT molecular complexity index is 317. The van der Waals surface area contributed by atoms with Crippen molar-refractivity contribution < 1.29 is 14.7 Å². The molecular weight excluding hydrogens is 232 g/mol. The minimum Gasteiger partial charge on any atom is -0.480 e. The van der Waals surface area contributed by atoms with Crippen LogP contribution in [0.4, 0.5) is 4.79 Å². The van der Waals surface area contributed by atoms with E-state index in [0.29, 0.717) is 13.1 Å². The topological polar surface area (TPSA) is 60.9 Å². The van der Waals surface area contributed by atoms with Gasteiger partial charge in [0.15, 0.2) is 0 Å². The van der Waals surface area contributed by atoms with Gasteiger partial charge in [-0.2, -0.15) is 0 Å². The molecule has 5 nitrogen and oxygen atoms in total. The number of carboxylic acid groups (broad SMARTS) is 1. The van der Waals surface area contributed by atoms with Gasteiger partial charge in [0, 0.05) is 19.1 Å². The van der Waals surface area contributed by atoms with E-state index in [-0.39, 0.29) is 18.0 Å². The third kappa shape index (κ3) is 2.94. The summed E-state index contributed by atoms with van der Waals surface area (Å²) in [5.74, 6) is -0.874. The summed E-state index contributed by atoms with van der Waals surface area (Å²) in [6.07, 6.45) is 1.75. The number of aliphatic carboxylic acids is 1. The summed E-state index contributed by atoms with van der Waals surface area (Å²) in [4.78, 5) is 27.0. The van der Waals surface area contributed by atoms with Crippen molar-refractivity contribution >= 4 is 12.0 Å². The molecule has 0 aromatic heterocycles. The zero-order valence-corrected chi connectivity index (χ0v) is 11.7. The average Bonchev–Trinajstić information content (AvgIpc) is 2.28. The number of amides is 2. The van der Waals surface area contributed by atoms with Crippen LogP contribution in [0, 0.1) is 5.92 Å². The molecule has 1 N–H and O–H groups in total. The minimum absolute atomic E-state index is 0.0195. The molecule has 104 valence electrons. The van der Waals surface area contributed by atoms with E-state index in [1.807, 2.05) is 27.7 Å². The number of likely N-dealkylation sites (tertiary alicyclic amines) is 1. The largest absolute Gasteiger partial charge is 0.480 e. The van der Waals surface area contributed by atoms with Crippen molar-refractivity contribution in [1.29, 1.82) is 0 Å².